The average molecular weight is 383 g/mol. The third-order valence-corrected chi connectivity index (χ3v) is 5.25. The minimum atomic E-state index is -0.311. The second kappa shape index (κ2) is 9.44. The Morgan fingerprint density at radius 3 is 2.57 bits per heavy atom. The zero-order chi connectivity index (χ0) is 19.9. The fraction of sp³-hybridized carbons (Fsp3) is 0.409. The molecule has 2 N–H and O–H groups in total. The van der Waals surface area contributed by atoms with Gasteiger partial charge in [-0.3, -0.25) is 14.6 Å². The number of carbonyl (C=O) groups excluding carboxylic acids is 2. The molecule has 0 bridgehead atoms. The quantitative estimate of drug-likeness (QED) is 0.799. The van der Waals surface area contributed by atoms with Gasteiger partial charge >= 0.3 is 0 Å². The number of halogens is 1. The zero-order valence-electron chi connectivity index (χ0n) is 16.1. The Kier molecular flexibility index (Phi) is 6.74. The summed E-state index contributed by atoms with van der Waals surface area (Å²) in [4.78, 5) is 27.7. The van der Waals surface area contributed by atoms with E-state index in [1.165, 1.54) is 25.3 Å². The number of aromatic nitrogens is 1. The van der Waals surface area contributed by atoms with Gasteiger partial charge in [-0.2, -0.15) is 0 Å². The van der Waals surface area contributed by atoms with Crippen molar-refractivity contribution >= 4 is 11.8 Å². The number of nitrogens with zero attached hydrogens (tertiary/aromatic N) is 1. The van der Waals surface area contributed by atoms with Crippen LogP contribution in [-0.4, -0.2) is 29.4 Å². The Morgan fingerprint density at radius 1 is 1.14 bits per heavy atom. The SMILES string of the molecule is CC(=O)NCCC1CCC(NC(=O)c2ccc(-c3cccc(F)c3)nc2)CC1. The minimum absolute atomic E-state index is 0.0120. The molecule has 5 nitrogen and oxygen atoms in total. The predicted molar refractivity (Wildman–Crippen MR) is 106 cm³/mol. The van der Waals surface area contributed by atoms with Crippen LogP contribution in [0.25, 0.3) is 11.3 Å². The van der Waals surface area contributed by atoms with E-state index in [4.69, 9.17) is 0 Å². The molecule has 0 saturated heterocycles. The first kappa shape index (κ1) is 20.0. The highest BCUT2D eigenvalue weighted by Crippen LogP contribution is 2.27. The molecule has 1 aliphatic rings. The molecule has 1 heterocycles. The summed E-state index contributed by atoms with van der Waals surface area (Å²) < 4.78 is 13.3. The van der Waals surface area contributed by atoms with Gasteiger partial charge in [-0.1, -0.05) is 12.1 Å². The summed E-state index contributed by atoms with van der Waals surface area (Å²) >= 11 is 0. The second-order valence-corrected chi connectivity index (χ2v) is 7.41. The van der Waals surface area contributed by atoms with Crippen LogP contribution in [0.4, 0.5) is 4.39 Å². The summed E-state index contributed by atoms with van der Waals surface area (Å²) in [5.74, 6) is 0.180. The maximum absolute atomic E-state index is 13.3. The van der Waals surface area contributed by atoms with Gasteiger partial charge in [0, 0.05) is 31.3 Å². The molecule has 0 aliphatic heterocycles. The molecule has 2 aromatic rings. The molecule has 1 aliphatic carbocycles. The van der Waals surface area contributed by atoms with Crippen molar-refractivity contribution in [1.29, 1.82) is 0 Å². The van der Waals surface area contributed by atoms with Crippen molar-refractivity contribution in [2.45, 2.75) is 45.1 Å². The van der Waals surface area contributed by atoms with Gasteiger partial charge in [0.15, 0.2) is 0 Å². The van der Waals surface area contributed by atoms with Crippen molar-refractivity contribution in [3.05, 3.63) is 54.0 Å². The average Bonchev–Trinajstić information content (AvgIpc) is 2.69. The van der Waals surface area contributed by atoms with Crippen LogP contribution in [-0.2, 0) is 4.79 Å². The molecule has 1 aromatic carbocycles. The Labute approximate surface area is 164 Å². The molecule has 0 radical (unpaired) electrons. The summed E-state index contributed by atoms with van der Waals surface area (Å²) in [6.07, 6.45) is 6.54. The normalized spacial score (nSPS) is 19.1. The third-order valence-electron chi connectivity index (χ3n) is 5.25. The molecule has 2 amide bonds. The van der Waals surface area contributed by atoms with Gasteiger partial charge in [-0.05, 0) is 62.3 Å². The fourth-order valence-electron chi connectivity index (χ4n) is 3.66. The molecule has 1 fully saturated rings. The number of rotatable bonds is 6. The molecule has 0 atom stereocenters. The molecule has 1 saturated carbocycles. The lowest BCUT2D eigenvalue weighted by molar-refractivity contribution is -0.119. The van der Waals surface area contributed by atoms with Gasteiger partial charge in [0.1, 0.15) is 5.82 Å². The summed E-state index contributed by atoms with van der Waals surface area (Å²) in [6, 6.07) is 9.87. The summed E-state index contributed by atoms with van der Waals surface area (Å²) in [5.41, 5.74) is 1.83. The lowest BCUT2D eigenvalue weighted by Gasteiger charge is -2.29. The molecular weight excluding hydrogens is 357 g/mol. The van der Waals surface area contributed by atoms with Crippen LogP contribution >= 0.6 is 0 Å². The van der Waals surface area contributed by atoms with Crippen molar-refractivity contribution in [3.63, 3.8) is 0 Å². The molecule has 148 valence electrons. The van der Waals surface area contributed by atoms with Crippen molar-refractivity contribution in [2.75, 3.05) is 6.54 Å². The lowest BCUT2D eigenvalue weighted by Crippen LogP contribution is -2.38. The smallest absolute Gasteiger partial charge is 0.253 e. The standard InChI is InChI=1S/C22H26FN3O2/c1-15(27)24-12-11-16-5-8-20(9-6-16)26-22(28)18-7-10-21(25-14-18)17-3-2-4-19(23)13-17/h2-4,7,10,13-14,16,20H,5-6,8-9,11-12H2,1H3,(H,24,27)(H,26,28). The van der Waals surface area contributed by atoms with E-state index in [-0.39, 0.29) is 23.7 Å². The Balaban J connectivity index is 1.48. The molecule has 28 heavy (non-hydrogen) atoms. The highest BCUT2D eigenvalue weighted by atomic mass is 19.1. The molecule has 6 heteroatoms. The van der Waals surface area contributed by atoms with E-state index in [1.54, 1.807) is 24.3 Å². The van der Waals surface area contributed by atoms with E-state index in [1.807, 2.05) is 0 Å². The van der Waals surface area contributed by atoms with Crippen molar-refractivity contribution in [1.82, 2.24) is 15.6 Å². The second-order valence-electron chi connectivity index (χ2n) is 7.41. The van der Waals surface area contributed by atoms with Crippen LogP contribution in [0.2, 0.25) is 0 Å². The lowest BCUT2D eigenvalue weighted by atomic mass is 9.84. The summed E-state index contributed by atoms with van der Waals surface area (Å²) in [6.45, 7) is 2.26. The highest BCUT2D eigenvalue weighted by molar-refractivity contribution is 5.94. The minimum Gasteiger partial charge on any atom is -0.356 e. The molecule has 0 spiro atoms. The van der Waals surface area contributed by atoms with Crippen LogP contribution < -0.4 is 10.6 Å². The van der Waals surface area contributed by atoms with E-state index >= 15 is 0 Å². The van der Waals surface area contributed by atoms with Crippen molar-refractivity contribution < 1.29 is 14.0 Å². The number of pyridine rings is 1. The summed E-state index contributed by atoms with van der Waals surface area (Å²) in [5, 5.41) is 5.93. The fourth-order valence-corrected chi connectivity index (χ4v) is 3.66. The van der Waals surface area contributed by atoms with E-state index in [2.05, 4.69) is 15.6 Å². The number of nitrogens with one attached hydrogen (secondary N) is 2. The molecular formula is C22H26FN3O2. The largest absolute Gasteiger partial charge is 0.356 e. The van der Waals surface area contributed by atoms with Crippen LogP contribution in [0.3, 0.4) is 0 Å². The van der Waals surface area contributed by atoms with Gasteiger partial charge < -0.3 is 10.6 Å². The topological polar surface area (TPSA) is 71.1 Å². The van der Waals surface area contributed by atoms with E-state index in [0.29, 0.717) is 22.7 Å². The Hall–Kier alpha value is -2.76. The van der Waals surface area contributed by atoms with Gasteiger partial charge in [-0.25, -0.2) is 4.39 Å². The van der Waals surface area contributed by atoms with Crippen molar-refractivity contribution in [3.8, 4) is 11.3 Å². The van der Waals surface area contributed by atoms with E-state index in [0.717, 1.165) is 38.6 Å². The maximum atomic E-state index is 13.3. The van der Waals surface area contributed by atoms with Crippen LogP contribution in [0, 0.1) is 11.7 Å². The molecule has 1 aromatic heterocycles. The monoisotopic (exact) mass is 383 g/mol. The first-order chi connectivity index (χ1) is 13.5. The number of hydrogen-bond donors (Lipinski definition) is 2. The maximum Gasteiger partial charge on any atom is 0.253 e. The predicted octanol–water partition coefficient (Wildman–Crippen LogP) is 3.70. The number of benzene rings is 1. The zero-order valence-corrected chi connectivity index (χ0v) is 16.1. The number of hydrogen-bond acceptors (Lipinski definition) is 3. The van der Waals surface area contributed by atoms with E-state index < -0.39 is 0 Å². The van der Waals surface area contributed by atoms with Crippen LogP contribution in [0.5, 0.6) is 0 Å². The molecule has 3 rings (SSSR count). The Morgan fingerprint density at radius 2 is 1.93 bits per heavy atom. The first-order valence-electron chi connectivity index (χ1n) is 9.78. The number of carbonyl (C=O) groups is 2. The third kappa shape index (κ3) is 5.62. The number of amides is 2. The van der Waals surface area contributed by atoms with Gasteiger partial charge in [0.2, 0.25) is 5.91 Å². The van der Waals surface area contributed by atoms with E-state index in [9.17, 15) is 14.0 Å². The highest BCUT2D eigenvalue weighted by Gasteiger charge is 2.22. The Bertz CT molecular complexity index is 815. The van der Waals surface area contributed by atoms with Crippen LogP contribution in [0.1, 0.15) is 49.4 Å². The van der Waals surface area contributed by atoms with Crippen molar-refractivity contribution in [2.24, 2.45) is 5.92 Å². The summed E-state index contributed by atoms with van der Waals surface area (Å²) in [7, 11) is 0. The first-order valence-corrected chi connectivity index (χ1v) is 9.78. The van der Waals surface area contributed by atoms with Gasteiger partial charge in [0.05, 0.1) is 11.3 Å². The van der Waals surface area contributed by atoms with Crippen LogP contribution in [0.15, 0.2) is 42.6 Å². The van der Waals surface area contributed by atoms with Gasteiger partial charge in [-0.15, -0.1) is 0 Å². The van der Waals surface area contributed by atoms with Gasteiger partial charge in [0.25, 0.3) is 5.91 Å². The molecule has 0 unspecified atom stereocenters.